The normalized spacial score (nSPS) is 24.4. The Kier molecular flexibility index (Phi) is 5.65. The first kappa shape index (κ1) is 14.2. The van der Waals surface area contributed by atoms with Crippen LogP contribution < -0.4 is 0 Å². The molecule has 0 N–H and O–H groups in total. The summed E-state index contributed by atoms with van der Waals surface area (Å²) in [5.41, 5.74) is 0.251. The first-order chi connectivity index (χ1) is 8.09. The highest BCUT2D eigenvalue weighted by Gasteiger charge is 2.31. The van der Waals surface area contributed by atoms with Gasteiger partial charge < -0.3 is 14.2 Å². The van der Waals surface area contributed by atoms with E-state index in [9.17, 15) is 4.79 Å². The quantitative estimate of drug-likeness (QED) is 0.406. The molecule has 1 aliphatic rings. The molecule has 0 aromatic rings. The summed E-state index contributed by atoms with van der Waals surface area (Å²) in [5, 5.41) is 0. The molecule has 1 fully saturated rings. The third-order valence-corrected chi connectivity index (χ3v) is 3.00. The summed E-state index contributed by atoms with van der Waals surface area (Å²) in [4.78, 5) is 11.2. The maximum absolute atomic E-state index is 11.2. The SMILES string of the molecule is C=C(C)C(=O)OCCCC1(CC)COCCO1. The summed E-state index contributed by atoms with van der Waals surface area (Å²) in [6.07, 6.45) is 2.56. The average molecular weight is 242 g/mol. The number of carbonyl (C=O) groups excluding carboxylic acids is 1. The van der Waals surface area contributed by atoms with Gasteiger partial charge in [0.2, 0.25) is 0 Å². The van der Waals surface area contributed by atoms with Crippen LogP contribution in [0.3, 0.4) is 0 Å². The molecule has 1 saturated heterocycles. The van der Waals surface area contributed by atoms with Crippen LogP contribution in [0.15, 0.2) is 12.2 Å². The van der Waals surface area contributed by atoms with Crippen LogP contribution in [0.25, 0.3) is 0 Å². The van der Waals surface area contributed by atoms with Crippen molar-refractivity contribution in [3.05, 3.63) is 12.2 Å². The molecule has 4 nitrogen and oxygen atoms in total. The van der Waals surface area contributed by atoms with Crippen molar-refractivity contribution in [1.29, 1.82) is 0 Å². The van der Waals surface area contributed by atoms with Gasteiger partial charge in [-0.05, 0) is 26.2 Å². The van der Waals surface area contributed by atoms with E-state index in [1.54, 1.807) is 6.92 Å². The van der Waals surface area contributed by atoms with Gasteiger partial charge in [0.1, 0.15) is 0 Å². The predicted molar refractivity (Wildman–Crippen MR) is 64.8 cm³/mol. The van der Waals surface area contributed by atoms with Gasteiger partial charge in [0.25, 0.3) is 0 Å². The van der Waals surface area contributed by atoms with Crippen LogP contribution >= 0.6 is 0 Å². The van der Waals surface area contributed by atoms with E-state index >= 15 is 0 Å². The Morgan fingerprint density at radius 3 is 2.76 bits per heavy atom. The molecule has 4 heteroatoms. The van der Waals surface area contributed by atoms with E-state index in [0.717, 1.165) is 19.3 Å². The fourth-order valence-electron chi connectivity index (χ4n) is 1.82. The van der Waals surface area contributed by atoms with Gasteiger partial charge >= 0.3 is 5.97 Å². The zero-order chi connectivity index (χ0) is 12.7. The van der Waals surface area contributed by atoms with Crippen LogP contribution in [-0.2, 0) is 19.0 Å². The Balaban J connectivity index is 2.24. The van der Waals surface area contributed by atoms with Crippen molar-refractivity contribution in [2.24, 2.45) is 0 Å². The van der Waals surface area contributed by atoms with Crippen LogP contribution in [0.1, 0.15) is 33.1 Å². The molecule has 17 heavy (non-hydrogen) atoms. The van der Waals surface area contributed by atoms with Crippen LogP contribution in [-0.4, -0.2) is 38.0 Å². The minimum absolute atomic E-state index is 0.187. The number of hydrogen-bond acceptors (Lipinski definition) is 4. The highest BCUT2D eigenvalue weighted by atomic mass is 16.6. The van der Waals surface area contributed by atoms with E-state index < -0.39 is 0 Å². The molecule has 0 radical (unpaired) electrons. The van der Waals surface area contributed by atoms with Crippen molar-refractivity contribution >= 4 is 5.97 Å². The zero-order valence-corrected chi connectivity index (χ0v) is 10.8. The van der Waals surface area contributed by atoms with Gasteiger partial charge in [0, 0.05) is 5.57 Å². The summed E-state index contributed by atoms with van der Waals surface area (Å²) >= 11 is 0. The number of ether oxygens (including phenoxy) is 3. The topological polar surface area (TPSA) is 44.8 Å². The van der Waals surface area contributed by atoms with Gasteiger partial charge in [-0.1, -0.05) is 13.5 Å². The molecule has 1 heterocycles. The van der Waals surface area contributed by atoms with Crippen LogP contribution in [0, 0.1) is 0 Å². The van der Waals surface area contributed by atoms with Crippen molar-refractivity contribution in [1.82, 2.24) is 0 Å². The van der Waals surface area contributed by atoms with E-state index in [1.165, 1.54) is 0 Å². The maximum Gasteiger partial charge on any atom is 0.333 e. The Morgan fingerprint density at radius 1 is 1.47 bits per heavy atom. The van der Waals surface area contributed by atoms with Gasteiger partial charge in [-0.2, -0.15) is 0 Å². The largest absolute Gasteiger partial charge is 0.462 e. The highest BCUT2D eigenvalue weighted by molar-refractivity contribution is 5.86. The van der Waals surface area contributed by atoms with E-state index in [0.29, 0.717) is 32.0 Å². The molecule has 0 saturated carbocycles. The van der Waals surface area contributed by atoms with Gasteiger partial charge in [-0.25, -0.2) is 4.79 Å². The third kappa shape index (κ3) is 4.48. The Hall–Kier alpha value is -0.870. The molecular weight excluding hydrogens is 220 g/mol. The molecule has 1 unspecified atom stereocenters. The van der Waals surface area contributed by atoms with E-state index in [1.807, 2.05) is 0 Å². The van der Waals surface area contributed by atoms with Crippen LogP contribution in [0.5, 0.6) is 0 Å². The molecule has 1 atom stereocenters. The van der Waals surface area contributed by atoms with Crippen molar-refractivity contribution < 1.29 is 19.0 Å². The molecule has 1 rings (SSSR count). The fourth-order valence-corrected chi connectivity index (χ4v) is 1.82. The molecule has 0 amide bonds. The number of carbonyl (C=O) groups is 1. The Bertz CT molecular complexity index is 267. The minimum Gasteiger partial charge on any atom is -0.462 e. The summed E-state index contributed by atoms with van der Waals surface area (Å²) in [6, 6.07) is 0. The van der Waals surface area contributed by atoms with E-state index in [2.05, 4.69) is 13.5 Å². The fraction of sp³-hybridized carbons (Fsp3) is 0.769. The van der Waals surface area contributed by atoms with Crippen molar-refractivity contribution in [2.75, 3.05) is 26.4 Å². The lowest BCUT2D eigenvalue weighted by molar-refractivity contribution is -0.164. The second kappa shape index (κ2) is 6.77. The first-order valence-corrected chi connectivity index (χ1v) is 6.14. The molecule has 0 spiro atoms. The standard InChI is InChI=1S/C13H22O4/c1-4-13(10-15-8-9-17-13)6-5-7-16-12(14)11(2)3/h2,4-10H2,1,3H3. The van der Waals surface area contributed by atoms with Crippen molar-refractivity contribution in [2.45, 2.75) is 38.7 Å². The van der Waals surface area contributed by atoms with Crippen molar-refractivity contribution in [3.8, 4) is 0 Å². The van der Waals surface area contributed by atoms with Gasteiger partial charge in [0.15, 0.2) is 0 Å². The van der Waals surface area contributed by atoms with Crippen LogP contribution in [0.4, 0.5) is 0 Å². The summed E-state index contributed by atoms with van der Waals surface area (Å²) < 4.78 is 16.3. The number of esters is 1. The molecule has 98 valence electrons. The summed E-state index contributed by atoms with van der Waals surface area (Å²) in [6.45, 7) is 9.65. The predicted octanol–water partition coefficient (Wildman–Crippen LogP) is 2.08. The lowest BCUT2D eigenvalue weighted by Crippen LogP contribution is -2.42. The number of hydrogen-bond donors (Lipinski definition) is 0. The minimum atomic E-state index is -0.323. The van der Waals surface area contributed by atoms with Gasteiger partial charge in [-0.15, -0.1) is 0 Å². The molecule has 0 aliphatic carbocycles. The lowest BCUT2D eigenvalue weighted by atomic mass is 9.95. The Labute approximate surface area is 103 Å². The lowest BCUT2D eigenvalue weighted by Gasteiger charge is -2.36. The second-order valence-corrected chi connectivity index (χ2v) is 4.46. The Morgan fingerprint density at radius 2 is 2.24 bits per heavy atom. The summed E-state index contributed by atoms with van der Waals surface area (Å²) in [7, 11) is 0. The van der Waals surface area contributed by atoms with E-state index in [4.69, 9.17) is 14.2 Å². The second-order valence-electron chi connectivity index (χ2n) is 4.46. The molecule has 0 aromatic heterocycles. The van der Waals surface area contributed by atoms with E-state index in [-0.39, 0.29) is 11.6 Å². The summed E-state index contributed by atoms with van der Waals surface area (Å²) in [5.74, 6) is -0.323. The monoisotopic (exact) mass is 242 g/mol. The zero-order valence-electron chi connectivity index (χ0n) is 10.8. The molecule has 0 aromatic carbocycles. The van der Waals surface area contributed by atoms with Gasteiger partial charge in [-0.3, -0.25) is 0 Å². The third-order valence-electron chi connectivity index (χ3n) is 3.00. The maximum atomic E-state index is 11.2. The van der Waals surface area contributed by atoms with Crippen LogP contribution in [0.2, 0.25) is 0 Å². The average Bonchev–Trinajstić information content (AvgIpc) is 2.35. The molecular formula is C13H22O4. The molecule has 0 bridgehead atoms. The first-order valence-electron chi connectivity index (χ1n) is 6.14. The smallest absolute Gasteiger partial charge is 0.333 e. The molecule has 1 aliphatic heterocycles. The number of rotatable bonds is 6. The highest BCUT2D eigenvalue weighted by Crippen LogP contribution is 2.25. The van der Waals surface area contributed by atoms with Crippen molar-refractivity contribution in [3.63, 3.8) is 0 Å². The van der Waals surface area contributed by atoms with Gasteiger partial charge in [0.05, 0.1) is 32.0 Å².